The molecular formula is C12H19ClN2S. The van der Waals surface area contributed by atoms with Crippen LogP contribution in [0.4, 0.5) is 0 Å². The monoisotopic (exact) mass is 258 g/mol. The lowest BCUT2D eigenvalue weighted by atomic mass is 10.0. The maximum Gasteiger partial charge on any atom is 0.0960 e. The quantitative estimate of drug-likeness (QED) is 0.844. The summed E-state index contributed by atoms with van der Waals surface area (Å²) in [5.74, 6) is 2.09. The van der Waals surface area contributed by atoms with Gasteiger partial charge in [0.2, 0.25) is 0 Å². The molecule has 4 heteroatoms. The summed E-state index contributed by atoms with van der Waals surface area (Å²) in [6.45, 7) is 4.45. The fourth-order valence-electron chi connectivity index (χ4n) is 1.79. The first-order valence-electron chi connectivity index (χ1n) is 5.61. The summed E-state index contributed by atoms with van der Waals surface area (Å²) >= 11 is 1.90. The molecule has 2 heterocycles. The normalized spacial score (nSPS) is 16.8. The number of nitrogens with zero attached hydrogens (tertiary/aromatic N) is 1. The zero-order valence-electron chi connectivity index (χ0n) is 9.61. The van der Waals surface area contributed by atoms with Gasteiger partial charge >= 0.3 is 0 Å². The molecule has 1 aliphatic heterocycles. The Bertz CT molecular complexity index is 296. The molecule has 1 aromatic rings. The summed E-state index contributed by atoms with van der Waals surface area (Å²) in [5, 5.41) is 4.56. The Morgan fingerprint density at radius 3 is 2.75 bits per heavy atom. The lowest BCUT2D eigenvalue weighted by Gasteiger charge is -2.21. The van der Waals surface area contributed by atoms with E-state index in [9.17, 15) is 0 Å². The van der Waals surface area contributed by atoms with Gasteiger partial charge in [0.25, 0.3) is 0 Å². The maximum atomic E-state index is 4.41. The Morgan fingerprint density at radius 2 is 2.12 bits per heavy atom. The van der Waals surface area contributed by atoms with Gasteiger partial charge in [0.05, 0.1) is 5.03 Å². The van der Waals surface area contributed by atoms with Crippen LogP contribution >= 0.6 is 24.2 Å². The topological polar surface area (TPSA) is 24.9 Å². The number of piperidine rings is 1. The van der Waals surface area contributed by atoms with E-state index >= 15 is 0 Å². The molecule has 1 N–H and O–H groups in total. The van der Waals surface area contributed by atoms with Crippen molar-refractivity contribution in [3.05, 3.63) is 23.9 Å². The number of thioether (sulfide) groups is 1. The average molecular weight is 259 g/mol. The smallest absolute Gasteiger partial charge is 0.0960 e. The molecule has 16 heavy (non-hydrogen) atoms. The van der Waals surface area contributed by atoms with Gasteiger partial charge in [-0.2, -0.15) is 0 Å². The third kappa shape index (κ3) is 4.32. The summed E-state index contributed by atoms with van der Waals surface area (Å²) in [6, 6.07) is 4.26. The minimum Gasteiger partial charge on any atom is -0.317 e. The molecule has 1 aromatic heterocycles. The van der Waals surface area contributed by atoms with E-state index in [0.29, 0.717) is 0 Å². The predicted octanol–water partition coefficient (Wildman–Crippen LogP) is 2.90. The summed E-state index contributed by atoms with van der Waals surface area (Å²) < 4.78 is 0. The van der Waals surface area contributed by atoms with Crippen molar-refractivity contribution >= 4 is 24.2 Å². The zero-order chi connectivity index (χ0) is 10.5. The number of aryl methyl sites for hydroxylation is 1. The van der Waals surface area contributed by atoms with Gasteiger partial charge < -0.3 is 5.32 Å². The minimum absolute atomic E-state index is 0. The molecule has 0 amide bonds. The van der Waals surface area contributed by atoms with Crippen LogP contribution in [0.1, 0.15) is 18.4 Å². The van der Waals surface area contributed by atoms with Crippen LogP contribution in [0, 0.1) is 12.8 Å². The maximum absolute atomic E-state index is 4.41. The lowest BCUT2D eigenvalue weighted by Crippen LogP contribution is -2.28. The van der Waals surface area contributed by atoms with Crippen molar-refractivity contribution in [1.29, 1.82) is 0 Å². The van der Waals surface area contributed by atoms with E-state index in [1.165, 1.54) is 42.3 Å². The Balaban J connectivity index is 0.00000128. The first-order chi connectivity index (χ1) is 7.34. The molecule has 1 saturated heterocycles. The van der Waals surface area contributed by atoms with Crippen molar-refractivity contribution in [1.82, 2.24) is 10.3 Å². The molecule has 0 aromatic carbocycles. The van der Waals surface area contributed by atoms with E-state index in [1.807, 2.05) is 18.0 Å². The van der Waals surface area contributed by atoms with Gasteiger partial charge in [0, 0.05) is 11.9 Å². The molecular weight excluding hydrogens is 240 g/mol. The molecule has 0 radical (unpaired) electrons. The van der Waals surface area contributed by atoms with Gasteiger partial charge in [-0.3, -0.25) is 0 Å². The highest BCUT2D eigenvalue weighted by atomic mass is 35.5. The predicted molar refractivity (Wildman–Crippen MR) is 72.5 cm³/mol. The highest BCUT2D eigenvalue weighted by molar-refractivity contribution is 7.99. The first-order valence-corrected chi connectivity index (χ1v) is 6.59. The van der Waals surface area contributed by atoms with E-state index in [4.69, 9.17) is 0 Å². The number of halogens is 1. The summed E-state index contributed by atoms with van der Waals surface area (Å²) in [5.41, 5.74) is 1.24. The van der Waals surface area contributed by atoms with Gasteiger partial charge in [0.15, 0.2) is 0 Å². The zero-order valence-corrected chi connectivity index (χ0v) is 11.2. The molecule has 2 nitrogen and oxygen atoms in total. The van der Waals surface area contributed by atoms with E-state index in [0.717, 1.165) is 5.92 Å². The number of hydrogen-bond donors (Lipinski definition) is 1. The standard InChI is InChI=1S/C12H18N2S.ClH/c1-10-2-3-12(14-8-10)15-9-11-4-6-13-7-5-11;/h2-3,8,11,13H,4-7,9H2,1H3;1H. The third-order valence-corrected chi connectivity index (χ3v) is 3.99. The first kappa shape index (κ1) is 13.8. The van der Waals surface area contributed by atoms with Gasteiger partial charge in [-0.15, -0.1) is 24.2 Å². The van der Waals surface area contributed by atoms with Crippen molar-refractivity contribution in [2.45, 2.75) is 24.8 Å². The average Bonchev–Trinajstić information content (AvgIpc) is 2.30. The number of hydrogen-bond acceptors (Lipinski definition) is 3. The van der Waals surface area contributed by atoms with E-state index in [2.05, 4.69) is 29.4 Å². The number of aromatic nitrogens is 1. The molecule has 1 fully saturated rings. The Labute approximate surface area is 108 Å². The second-order valence-corrected chi connectivity index (χ2v) is 5.22. The molecule has 0 atom stereocenters. The molecule has 0 spiro atoms. The highest BCUT2D eigenvalue weighted by Crippen LogP contribution is 2.23. The molecule has 90 valence electrons. The Kier molecular flexibility index (Phi) is 6.17. The fourth-order valence-corrected chi connectivity index (χ4v) is 2.82. The largest absolute Gasteiger partial charge is 0.317 e. The molecule has 0 aliphatic carbocycles. The summed E-state index contributed by atoms with van der Waals surface area (Å²) in [4.78, 5) is 4.41. The van der Waals surface area contributed by atoms with Crippen molar-refractivity contribution < 1.29 is 0 Å². The number of nitrogens with one attached hydrogen (secondary N) is 1. The van der Waals surface area contributed by atoms with E-state index in [1.54, 1.807) is 0 Å². The van der Waals surface area contributed by atoms with Crippen molar-refractivity contribution in [2.75, 3.05) is 18.8 Å². The number of pyridine rings is 1. The van der Waals surface area contributed by atoms with Gasteiger partial charge in [-0.1, -0.05) is 6.07 Å². The summed E-state index contributed by atoms with van der Waals surface area (Å²) in [7, 11) is 0. The van der Waals surface area contributed by atoms with E-state index < -0.39 is 0 Å². The van der Waals surface area contributed by atoms with Gasteiger partial charge in [-0.25, -0.2) is 4.98 Å². The fraction of sp³-hybridized carbons (Fsp3) is 0.583. The van der Waals surface area contributed by atoms with Crippen LogP contribution in [0.2, 0.25) is 0 Å². The van der Waals surface area contributed by atoms with Crippen LogP contribution in [0.5, 0.6) is 0 Å². The molecule has 0 unspecified atom stereocenters. The molecule has 1 aliphatic rings. The summed E-state index contributed by atoms with van der Waals surface area (Å²) in [6.07, 6.45) is 4.59. The second-order valence-electron chi connectivity index (χ2n) is 4.18. The highest BCUT2D eigenvalue weighted by Gasteiger charge is 2.13. The van der Waals surface area contributed by atoms with Crippen LogP contribution in [0.3, 0.4) is 0 Å². The second kappa shape index (κ2) is 7.15. The lowest BCUT2D eigenvalue weighted by molar-refractivity contribution is 0.408. The SMILES string of the molecule is Cc1ccc(SCC2CCNCC2)nc1.Cl. The van der Waals surface area contributed by atoms with Crippen LogP contribution in [0.25, 0.3) is 0 Å². The van der Waals surface area contributed by atoms with Crippen LogP contribution < -0.4 is 5.32 Å². The van der Waals surface area contributed by atoms with Crippen molar-refractivity contribution in [2.24, 2.45) is 5.92 Å². The number of rotatable bonds is 3. The molecule has 0 saturated carbocycles. The molecule has 2 rings (SSSR count). The van der Waals surface area contributed by atoms with Crippen LogP contribution in [-0.4, -0.2) is 23.8 Å². The van der Waals surface area contributed by atoms with Crippen molar-refractivity contribution in [3.8, 4) is 0 Å². The van der Waals surface area contributed by atoms with E-state index in [-0.39, 0.29) is 12.4 Å². The Morgan fingerprint density at radius 1 is 1.38 bits per heavy atom. The van der Waals surface area contributed by atoms with Gasteiger partial charge in [-0.05, 0) is 50.4 Å². The van der Waals surface area contributed by atoms with Gasteiger partial charge in [0.1, 0.15) is 0 Å². The van der Waals surface area contributed by atoms with Crippen LogP contribution in [0.15, 0.2) is 23.4 Å². The van der Waals surface area contributed by atoms with Crippen molar-refractivity contribution in [3.63, 3.8) is 0 Å². The third-order valence-electron chi connectivity index (χ3n) is 2.81. The molecule has 0 bridgehead atoms. The Hall–Kier alpha value is -0.250. The minimum atomic E-state index is 0. The van der Waals surface area contributed by atoms with Crippen LogP contribution in [-0.2, 0) is 0 Å².